The maximum atomic E-state index is 11.7. The van der Waals surface area contributed by atoms with Gasteiger partial charge in [-0.15, -0.1) is 0 Å². The smallest absolute Gasteiger partial charge is 0.143 e. The van der Waals surface area contributed by atoms with E-state index in [1.165, 1.54) is 0 Å². The number of hydrogen-bond donors (Lipinski definition) is 1. The van der Waals surface area contributed by atoms with Crippen LogP contribution in [0.15, 0.2) is 12.4 Å². The molecule has 0 unspecified atom stereocenters. The Balaban J connectivity index is 1.88. The Morgan fingerprint density at radius 1 is 1.57 bits per heavy atom. The molecule has 0 amide bonds. The molecule has 0 bridgehead atoms. The summed E-state index contributed by atoms with van der Waals surface area (Å²) in [6.07, 6.45) is 5.57. The Labute approximate surface area is 82.7 Å². The van der Waals surface area contributed by atoms with Crippen molar-refractivity contribution in [3.8, 4) is 0 Å². The zero-order chi connectivity index (χ0) is 9.80. The van der Waals surface area contributed by atoms with Gasteiger partial charge in [0.15, 0.2) is 0 Å². The second-order valence-corrected chi connectivity index (χ2v) is 3.57. The molecule has 1 fully saturated rings. The van der Waals surface area contributed by atoms with Crippen molar-refractivity contribution in [2.45, 2.75) is 19.3 Å². The minimum atomic E-state index is 0.175. The van der Waals surface area contributed by atoms with E-state index in [2.05, 4.69) is 9.97 Å². The summed E-state index contributed by atoms with van der Waals surface area (Å²) in [5.41, 5.74) is 0. The second-order valence-electron chi connectivity index (χ2n) is 3.57. The van der Waals surface area contributed by atoms with Crippen LogP contribution in [0.3, 0.4) is 0 Å². The third kappa shape index (κ3) is 2.20. The van der Waals surface area contributed by atoms with Crippen molar-refractivity contribution in [2.24, 2.45) is 5.92 Å². The third-order valence-corrected chi connectivity index (χ3v) is 2.57. The van der Waals surface area contributed by atoms with Crippen molar-refractivity contribution in [1.29, 1.82) is 0 Å². The first-order valence-corrected chi connectivity index (χ1v) is 4.95. The standard InChI is InChI=1S/C10H14N2O2/c13-9(7-10-11-3-4-12-10)8-1-5-14-6-2-8/h3-4,8H,1-2,5-7H2,(H,11,12). The number of nitrogens with one attached hydrogen (secondary N) is 1. The number of nitrogens with zero attached hydrogens (tertiary/aromatic N) is 1. The number of carbonyl (C=O) groups is 1. The molecule has 2 heterocycles. The second kappa shape index (κ2) is 4.37. The maximum absolute atomic E-state index is 11.7. The number of ketones is 1. The lowest BCUT2D eigenvalue weighted by atomic mass is 9.93. The molecule has 1 aromatic heterocycles. The first kappa shape index (κ1) is 9.40. The molecule has 0 saturated carbocycles. The normalized spacial score (nSPS) is 18.3. The zero-order valence-electron chi connectivity index (χ0n) is 8.03. The zero-order valence-corrected chi connectivity index (χ0v) is 8.03. The summed E-state index contributed by atoms with van der Waals surface area (Å²) in [5, 5.41) is 0. The molecule has 4 heteroatoms. The molecule has 2 rings (SSSR count). The van der Waals surface area contributed by atoms with Gasteiger partial charge in [0.25, 0.3) is 0 Å². The van der Waals surface area contributed by atoms with Gasteiger partial charge in [0.05, 0.1) is 6.42 Å². The number of aromatic amines is 1. The minimum Gasteiger partial charge on any atom is -0.381 e. The van der Waals surface area contributed by atoms with Crippen LogP contribution in [0.1, 0.15) is 18.7 Å². The number of aromatic nitrogens is 2. The number of carbonyl (C=O) groups excluding carboxylic acids is 1. The number of ether oxygens (including phenoxy) is 1. The van der Waals surface area contributed by atoms with Crippen LogP contribution in [0.5, 0.6) is 0 Å². The summed E-state index contributed by atoms with van der Waals surface area (Å²) in [6.45, 7) is 1.43. The molecule has 0 radical (unpaired) electrons. The Morgan fingerprint density at radius 2 is 2.36 bits per heavy atom. The van der Waals surface area contributed by atoms with Crippen molar-refractivity contribution in [3.05, 3.63) is 18.2 Å². The molecule has 0 atom stereocenters. The SMILES string of the molecule is O=C(Cc1ncc[nH]1)C1CCOCC1. The van der Waals surface area contributed by atoms with Crippen LogP contribution >= 0.6 is 0 Å². The first-order chi connectivity index (χ1) is 6.86. The summed E-state index contributed by atoms with van der Waals surface area (Å²) < 4.78 is 5.21. The monoisotopic (exact) mass is 194 g/mol. The van der Waals surface area contributed by atoms with Crippen molar-refractivity contribution in [3.63, 3.8) is 0 Å². The van der Waals surface area contributed by atoms with Gasteiger partial charge in [-0.05, 0) is 12.8 Å². The number of Topliss-reactive ketones (excluding diaryl/α,β-unsaturated/α-hetero) is 1. The van der Waals surface area contributed by atoms with Crippen molar-refractivity contribution >= 4 is 5.78 Å². The Kier molecular flexibility index (Phi) is 2.93. The predicted molar refractivity (Wildman–Crippen MR) is 50.8 cm³/mol. The van der Waals surface area contributed by atoms with Crippen LogP contribution in [0.4, 0.5) is 0 Å². The van der Waals surface area contributed by atoms with E-state index in [1.807, 2.05) is 0 Å². The van der Waals surface area contributed by atoms with E-state index in [9.17, 15) is 4.79 Å². The highest BCUT2D eigenvalue weighted by Crippen LogP contribution is 2.16. The van der Waals surface area contributed by atoms with Gasteiger partial charge in [0.2, 0.25) is 0 Å². The van der Waals surface area contributed by atoms with E-state index in [0.29, 0.717) is 19.6 Å². The van der Waals surface area contributed by atoms with E-state index in [1.54, 1.807) is 12.4 Å². The summed E-state index contributed by atoms with van der Waals surface area (Å²) in [7, 11) is 0. The predicted octanol–water partition coefficient (Wildman–Crippen LogP) is 0.948. The highest BCUT2D eigenvalue weighted by Gasteiger charge is 2.21. The van der Waals surface area contributed by atoms with Crippen LogP contribution in [0.2, 0.25) is 0 Å². The highest BCUT2D eigenvalue weighted by atomic mass is 16.5. The van der Waals surface area contributed by atoms with Crippen LogP contribution in [0.25, 0.3) is 0 Å². The fraction of sp³-hybridized carbons (Fsp3) is 0.600. The highest BCUT2D eigenvalue weighted by molar-refractivity contribution is 5.82. The lowest BCUT2D eigenvalue weighted by Crippen LogP contribution is -2.25. The quantitative estimate of drug-likeness (QED) is 0.779. The lowest BCUT2D eigenvalue weighted by molar-refractivity contribution is -0.125. The maximum Gasteiger partial charge on any atom is 0.143 e. The first-order valence-electron chi connectivity index (χ1n) is 4.95. The van der Waals surface area contributed by atoms with E-state index < -0.39 is 0 Å². The molecular formula is C10H14N2O2. The third-order valence-electron chi connectivity index (χ3n) is 2.57. The average molecular weight is 194 g/mol. The molecule has 0 aliphatic carbocycles. The largest absolute Gasteiger partial charge is 0.381 e. The summed E-state index contributed by atoms with van der Waals surface area (Å²) in [4.78, 5) is 18.7. The minimum absolute atomic E-state index is 0.175. The fourth-order valence-electron chi connectivity index (χ4n) is 1.72. The molecular weight excluding hydrogens is 180 g/mol. The van der Waals surface area contributed by atoms with Crippen LogP contribution in [-0.4, -0.2) is 29.0 Å². The van der Waals surface area contributed by atoms with Crippen molar-refractivity contribution in [2.75, 3.05) is 13.2 Å². The van der Waals surface area contributed by atoms with Crippen molar-refractivity contribution in [1.82, 2.24) is 9.97 Å². The Hall–Kier alpha value is -1.16. The van der Waals surface area contributed by atoms with E-state index in [-0.39, 0.29) is 11.7 Å². The number of hydrogen-bond acceptors (Lipinski definition) is 3. The molecule has 0 aromatic carbocycles. The number of H-pyrrole nitrogens is 1. The molecule has 1 N–H and O–H groups in total. The average Bonchev–Trinajstić information content (AvgIpc) is 2.72. The molecule has 1 aliphatic heterocycles. The van der Waals surface area contributed by atoms with E-state index >= 15 is 0 Å². The van der Waals surface area contributed by atoms with Crippen LogP contribution < -0.4 is 0 Å². The molecule has 4 nitrogen and oxygen atoms in total. The summed E-state index contributed by atoms with van der Waals surface area (Å²) in [5.74, 6) is 1.22. The number of rotatable bonds is 3. The van der Waals surface area contributed by atoms with Gasteiger partial charge in [0.1, 0.15) is 11.6 Å². The van der Waals surface area contributed by atoms with Gasteiger partial charge in [-0.1, -0.05) is 0 Å². The van der Waals surface area contributed by atoms with E-state index in [4.69, 9.17) is 4.74 Å². The Bertz CT molecular complexity index is 289. The molecule has 1 aliphatic rings. The van der Waals surface area contributed by atoms with Crippen LogP contribution in [-0.2, 0) is 16.0 Å². The van der Waals surface area contributed by atoms with Crippen LogP contribution in [0, 0.1) is 5.92 Å². The summed E-state index contributed by atoms with van der Waals surface area (Å²) in [6, 6.07) is 0. The topological polar surface area (TPSA) is 55.0 Å². The van der Waals surface area contributed by atoms with Gasteiger partial charge in [-0.2, -0.15) is 0 Å². The molecule has 1 saturated heterocycles. The number of imidazole rings is 1. The van der Waals surface area contributed by atoms with Crippen molar-refractivity contribution < 1.29 is 9.53 Å². The lowest BCUT2D eigenvalue weighted by Gasteiger charge is -2.20. The van der Waals surface area contributed by atoms with Gasteiger partial charge in [0, 0.05) is 31.5 Å². The van der Waals surface area contributed by atoms with Gasteiger partial charge >= 0.3 is 0 Å². The molecule has 76 valence electrons. The Morgan fingerprint density at radius 3 is 3.00 bits per heavy atom. The molecule has 1 aromatic rings. The molecule has 14 heavy (non-hydrogen) atoms. The van der Waals surface area contributed by atoms with Gasteiger partial charge in [-0.25, -0.2) is 4.98 Å². The van der Waals surface area contributed by atoms with Gasteiger partial charge in [-0.3, -0.25) is 4.79 Å². The summed E-state index contributed by atoms with van der Waals surface area (Å²) >= 11 is 0. The van der Waals surface area contributed by atoms with Gasteiger partial charge < -0.3 is 9.72 Å². The fourth-order valence-corrected chi connectivity index (χ4v) is 1.72. The molecule has 0 spiro atoms. The van der Waals surface area contributed by atoms with E-state index in [0.717, 1.165) is 18.7 Å².